The van der Waals surface area contributed by atoms with Crippen molar-refractivity contribution in [3.8, 4) is 0 Å². The van der Waals surface area contributed by atoms with Gasteiger partial charge in [0.15, 0.2) is 0 Å². The van der Waals surface area contributed by atoms with Crippen molar-refractivity contribution in [3.63, 3.8) is 0 Å². The molecule has 0 aliphatic carbocycles. The Kier molecular flexibility index (Phi) is 2.16. The summed E-state index contributed by atoms with van der Waals surface area (Å²) in [5, 5.41) is 3.26. The Morgan fingerprint density at radius 3 is 2.22 bits per heavy atom. The fourth-order valence-electron chi connectivity index (χ4n) is 0.516. The van der Waals surface area contributed by atoms with Crippen LogP contribution in [0.3, 0.4) is 0 Å². The molecule has 0 fully saturated rings. The van der Waals surface area contributed by atoms with Crippen LogP contribution in [0, 0.1) is 9.10 Å². The van der Waals surface area contributed by atoms with Gasteiger partial charge in [0.05, 0.1) is 5.69 Å². The molecule has 0 aliphatic heterocycles. The number of hydrogen-bond donors (Lipinski definition) is 1. The first-order valence-electron chi connectivity index (χ1n) is 2.46. The highest BCUT2D eigenvalue weighted by atomic mass is 127. The van der Waals surface area contributed by atoms with Crippen LogP contribution in [0.15, 0.2) is 29.4 Å². The molecule has 0 heterocycles. The summed E-state index contributed by atoms with van der Waals surface area (Å²) in [5.41, 5.74) is 7.34. The molecule has 3 heteroatoms. The van der Waals surface area contributed by atoms with Crippen molar-refractivity contribution in [3.05, 3.63) is 27.8 Å². The predicted octanol–water partition coefficient (Wildman–Crippen LogP) is 2.95. The molecular weight excluding hydrogens is 227 g/mol. The minimum Gasteiger partial charge on any atom is -0.204 e. The molecule has 0 aromatic heterocycles. The third-order valence-corrected chi connectivity index (χ3v) is 1.67. The van der Waals surface area contributed by atoms with Gasteiger partial charge in [-0.2, -0.15) is 5.11 Å². The molecule has 46 valence electrons. The smallest absolute Gasteiger partial charge is 0.0850 e. The minimum absolute atomic E-state index is 0.704. The van der Waals surface area contributed by atoms with Crippen molar-refractivity contribution in [1.29, 1.82) is 5.53 Å². The van der Waals surface area contributed by atoms with Gasteiger partial charge in [-0.15, -0.1) is 0 Å². The molecule has 1 rings (SSSR count). The lowest BCUT2D eigenvalue weighted by molar-refractivity contribution is 1.15. The van der Waals surface area contributed by atoms with Crippen LogP contribution in [-0.2, 0) is 0 Å². The Labute approximate surface area is 66.9 Å². The highest BCUT2D eigenvalue weighted by molar-refractivity contribution is 14.1. The van der Waals surface area contributed by atoms with E-state index in [1.807, 2.05) is 24.3 Å². The van der Waals surface area contributed by atoms with E-state index in [-0.39, 0.29) is 0 Å². The maximum absolute atomic E-state index is 6.64. The normalized spacial score (nSPS) is 9.00. The van der Waals surface area contributed by atoms with Gasteiger partial charge in [-0.3, -0.25) is 0 Å². The standard InChI is InChI=1S/C6H5IN2/c7-5-1-3-6(9-8)4-2-5/h1-4,8H. The molecule has 1 aromatic carbocycles. The molecule has 0 radical (unpaired) electrons. The monoisotopic (exact) mass is 232 g/mol. The molecule has 0 amide bonds. The summed E-state index contributed by atoms with van der Waals surface area (Å²) in [6.07, 6.45) is 0. The number of benzene rings is 1. The van der Waals surface area contributed by atoms with Crippen LogP contribution in [-0.4, -0.2) is 0 Å². The number of nitrogens with zero attached hydrogens (tertiary/aromatic N) is 1. The zero-order valence-electron chi connectivity index (χ0n) is 4.63. The maximum atomic E-state index is 6.64. The highest BCUT2D eigenvalue weighted by Crippen LogP contribution is 2.12. The summed E-state index contributed by atoms with van der Waals surface area (Å²) >= 11 is 2.21. The maximum Gasteiger partial charge on any atom is 0.0850 e. The summed E-state index contributed by atoms with van der Waals surface area (Å²) in [6, 6.07) is 7.48. The van der Waals surface area contributed by atoms with Gasteiger partial charge in [-0.25, -0.2) is 5.53 Å². The number of hydrogen-bond acceptors (Lipinski definition) is 2. The molecule has 0 unspecified atom stereocenters. The molecule has 1 aromatic rings. The van der Waals surface area contributed by atoms with E-state index in [2.05, 4.69) is 27.7 Å². The lowest BCUT2D eigenvalue weighted by atomic mass is 10.3. The van der Waals surface area contributed by atoms with Crippen molar-refractivity contribution >= 4 is 28.3 Å². The average Bonchev–Trinajstić information content (AvgIpc) is 1.90. The average molecular weight is 232 g/mol. The first-order valence-corrected chi connectivity index (χ1v) is 3.54. The number of nitrogens with one attached hydrogen (secondary N) is 1. The van der Waals surface area contributed by atoms with Crippen LogP contribution in [0.5, 0.6) is 0 Å². The van der Waals surface area contributed by atoms with Crippen LogP contribution < -0.4 is 0 Å². The van der Waals surface area contributed by atoms with E-state index < -0.39 is 0 Å². The van der Waals surface area contributed by atoms with Crippen molar-refractivity contribution in [2.45, 2.75) is 0 Å². The Balaban J connectivity index is 3.01. The highest BCUT2D eigenvalue weighted by Gasteiger charge is 1.85. The Hall–Kier alpha value is -0.450. The predicted molar refractivity (Wildman–Crippen MR) is 44.0 cm³/mol. The topological polar surface area (TPSA) is 36.2 Å². The van der Waals surface area contributed by atoms with E-state index >= 15 is 0 Å². The number of halogens is 1. The third kappa shape index (κ3) is 1.74. The lowest BCUT2D eigenvalue weighted by Crippen LogP contribution is -1.65. The van der Waals surface area contributed by atoms with Crippen molar-refractivity contribution < 1.29 is 0 Å². The fraction of sp³-hybridized carbons (Fsp3) is 0. The first kappa shape index (κ1) is 6.67. The zero-order valence-corrected chi connectivity index (χ0v) is 6.79. The van der Waals surface area contributed by atoms with E-state index in [0.29, 0.717) is 5.69 Å². The quantitative estimate of drug-likeness (QED) is 0.570. The largest absolute Gasteiger partial charge is 0.204 e. The molecule has 2 nitrogen and oxygen atoms in total. The molecular formula is C6H5IN2. The fourth-order valence-corrected chi connectivity index (χ4v) is 0.875. The third-order valence-electron chi connectivity index (χ3n) is 0.956. The molecule has 0 saturated carbocycles. The summed E-state index contributed by atoms with van der Waals surface area (Å²) < 4.78 is 1.17. The van der Waals surface area contributed by atoms with E-state index in [4.69, 9.17) is 5.53 Å². The van der Waals surface area contributed by atoms with Gasteiger partial charge >= 0.3 is 0 Å². The molecule has 0 saturated heterocycles. The van der Waals surface area contributed by atoms with Gasteiger partial charge in [-0.05, 0) is 46.9 Å². The summed E-state index contributed by atoms with van der Waals surface area (Å²) in [4.78, 5) is 0. The van der Waals surface area contributed by atoms with Gasteiger partial charge in [0, 0.05) is 3.57 Å². The number of rotatable bonds is 1. The van der Waals surface area contributed by atoms with Crippen molar-refractivity contribution in [2.75, 3.05) is 0 Å². The van der Waals surface area contributed by atoms with Crippen LogP contribution >= 0.6 is 22.6 Å². The van der Waals surface area contributed by atoms with Gasteiger partial charge in [0.1, 0.15) is 0 Å². The van der Waals surface area contributed by atoms with Gasteiger partial charge in [0.25, 0.3) is 0 Å². The molecule has 0 atom stereocenters. The van der Waals surface area contributed by atoms with Crippen LogP contribution in [0.4, 0.5) is 5.69 Å². The Morgan fingerprint density at radius 2 is 1.78 bits per heavy atom. The van der Waals surface area contributed by atoms with E-state index in [0.717, 1.165) is 0 Å². The molecule has 0 aliphatic rings. The second-order valence-electron chi connectivity index (χ2n) is 1.59. The van der Waals surface area contributed by atoms with Crippen LogP contribution in [0.25, 0.3) is 0 Å². The lowest BCUT2D eigenvalue weighted by Gasteiger charge is -1.88. The summed E-state index contributed by atoms with van der Waals surface area (Å²) in [6.45, 7) is 0. The first-order chi connectivity index (χ1) is 4.33. The summed E-state index contributed by atoms with van der Waals surface area (Å²) in [5.74, 6) is 0. The van der Waals surface area contributed by atoms with Gasteiger partial charge < -0.3 is 0 Å². The second-order valence-corrected chi connectivity index (χ2v) is 2.83. The zero-order chi connectivity index (χ0) is 6.69. The van der Waals surface area contributed by atoms with Crippen molar-refractivity contribution in [2.24, 2.45) is 5.11 Å². The molecule has 0 spiro atoms. The SMILES string of the molecule is N=Nc1ccc(I)cc1. The van der Waals surface area contributed by atoms with Gasteiger partial charge in [0.2, 0.25) is 0 Å². The molecule has 9 heavy (non-hydrogen) atoms. The van der Waals surface area contributed by atoms with Crippen molar-refractivity contribution in [1.82, 2.24) is 0 Å². The van der Waals surface area contributed by atoms with Gasteiger partial charge in [-0.1, -0.05) is 0 Å². The molecule has 1 N–H and O–H groups in total. The second kappa shape index (κ2) is 2.91. The minimum atomic E-state index is 0.704. The molecule has 0 bridgehead atoms. The van der Waals surface area contributed by atoms with Crippen LogP contribution in [0.2, 0.25) is 0 Å². The van der Waals surface area contributed by atoms with E-state index in [1.54, 1.807) is 0 Å². The van der Waals surface area contributed by atoms with E-state index in [9.17, 15) is 0 Å². The Morgan fingerprint density at radius 1 is 1.22 bits per heavy atom. The Bertz CT molecular complexity index is 205. The summed E-state index contributed by atoms with van der Waals surface area (Å²) in [7, 11) is 0. The van der Waals surface area contributed by atoms with E-state index in [1.165, 1.54) is 3.57 Å². The van der Waals surface area contributed by atoms with Crippen LogP contribution in [0.1, 0.15) is 0 Å².